The highest BCUT2D eigenvalue weighted by Gasteiger charge is 2.06. The summed E-state index contributed by atoms with van der Waals surface area (Å²) in [7, 11) is 0. The zero-order chi connectivity index (χ0) is 38.8. The SMILES string of the molecule is CCCCCCCC/C=C\CCCCCCCCOCC(O)CNc1ccc(NCC(O)COCCCCCCCC/C=C\CCCCCCCC)cc1. The summed E-state index contributed by atoms with van der Waals surface area (Å²) in [5.41, 5.74) is 1.90. The van der Waals surface area contributed by atoms with Crippen molar-refractivity contribution in [3.8, 4) is 0 Å². The average Bonchev–Trinajstić information content (AvgIpc) is 3.18. The molecule has 54 heavy (non-hydrogen) atoms. The summed E-state index contributed by atoms with van der Waals surface area (Å²) in [5.74, 6) is 0. The standard InChI is InChI=1S/C48H88N2O4/c1-3-5-7-9-11-13-15-17-19-21-23-25-27-29-31-33-39-53-43-47(51)41-49-45-35-37-46(38-36-45)50-42-48(52)44-54-40-34-32-30-28-26-24-22-20-18-16-14-12-10-8-6-4-2/h17-20,35-38,47-52H,3-16,21-34,39-44H2,1-2H3/b19-17-,20-18-. The first-order chi connectivity index (χ1) is 26.7. The number of aliphatic hydroxyl groups excluding tert-OH is 2. The van der Waals surface area contributed by atoms with Gasteiger partial charge in [0.1, 0.15) is 0 Å². The minimum atomic E-state index is -0.538. The predicted molar refractivity (Wildman–Crippen MR) is 236 cm³/mol. The van der Waals surface area contributed by atoms with Gasteiger partial charge in [0.2, 0.25) is 0 Å². The molecule has 314 valence electrons. The lowest BCUT2D eigenvalue weighted by molar-refractivity contribution is 0.0416. The first-order valence-corrected chi connectivity index (χ1v) is 23.0. The van der Waals surface area contributed by atoms with Crippen LogP contribution in [-0.4, -0.2) is 61.9 Å². The Morgan fingerprint density at radius 1 is 0.426 bits per heavy atom. The van der Waals surface area contributed by atoms with Crippen molar-refractivity contribution in [2.24, 2.45) is 0 Å². The quantitative estimate of drug-likeness (QED) is 0.0393. The molecule has 1 aromatic carbocycles. The van der Waals surface area contributed by atoms with Gasteiger partial charge in [0.15, 0.2) is 0 Å². The molecule has 0 fully saturated rings. The number of ether oxygens (including phenoxy) is 2. The van der Waals surface area contributed by atoms with Gasteiger partial charge in [0.05, 0.1) is 25.4 Å². The lowest BCUT2D eigenvalue weighted by atomic mass is 10.1. The van der Waals surface area contributed by atoms with Crippen LogP contribution in [-0.2, 0) is 9.47 Å². The number of allylic oxidation sites excluding steroid dienone is 4. The summed E-state index contributed by atoms with van der Waals surface area (Å²) in [6.45, 7) is 7.60. The Labute approximate surface area is 334 Å². The molecular formula is C48H88N2O4. The minimum absolute atomic E-state index is 0.356. The van der Waals surface area contributed by atoms with Crippen LogP contribution >= 0.6 is 0 Å². The molecule has 1 rings (SSSR count). The number of hydrogen-bond donors (Lipinski definition) is 4. The molecule has 0 heterocycles. The second-order valence-electron chi connectivity index (χ2n) is 15.7. The van der Waals surface area contributed by atoms with Crippen LogP contribution < -0.4 is 10.6 Å². The number of rotatable bonds is 42. The van der Waals surface area contributed by atoms with Gasteiger partial charge in [0.25, 0.3) is 0 Å². The summed E-state index contributed by atoms with van der Waals surface area (Å²) in [4.78, 5) is 0. The van der Waals surface area contributed by atoms with Gasteiger partial charge in [0, 0.05) is 37.7 Å². The average molecular weight is 757 g/mol. The van der Waals surface area contributed by atoms with E-state index >= 15 is 0 Å². The normalized spacial score (nSPS) is 13.0. The molecule has 1 aromatic rings. The van der Waals surface area contributed by atoms with E-state index < -0.39 is 12.2 Å². The summed E-state index contributed by atoms with van der Waals surface area (Å²) < 4.78 is 11.4. The lowest BCUT2D eigenvalue weighted by Gasteiger charge is -2.15. The lowest BCUT2D eigenvalue weighted by Crippen LogP contribution is -2.25. The fourth-order valence-electron chi connectivity index (χ4n) is 6.64. The van der Waals surface area contributed by atoms with E-state index in [9.17, 15) is 10.2 Å². The van der Waals surface area contributed by atoms with Crippen molar-refractivity contribution >= 4 is 11.4 Å². The Kier molecular flexibility index (Phi) is 37.9. The number of aliphatic hydroxyl groups is 2. The number of nitrogens with one attached hydrogen (secondary N) is 2. The van der Waals surface area contributed by atoms with Gasteiger partial charge in [-0.25, -0.2) is 0 Å². The van der Waals surface area contributed by atoms with Crippen molar-refractivity contribution in [1.82, 2.24) is 0 Å². The Morgan fingerprint density at radius 3 is 1.02 bits per heavy atom. The Bertz CT molecular complexity index is 862. The van der Waals surface area contributed by atoms with Crippen LogP contribution in [0.4, 0.5) is 11.4 Å². The Hall–Kier alpha value is -1.86. The molecule has 2 atom stereocenters. The Balaban J connectivity index is 1.89. The van der Waals surface area contributed by atoms with Crippen LogP contribution in [0.3, 0.4) is 0 Å². The van der Waals surface area contributed by atoms with E-state index in [2.05, 4.69) is 48.8 Å². The molecule has 0 aromatic heterocycles. The smallest absolute Gasteiger partial charge is 0.0945 e. The molecule has 0 aliphatic heterocycles. The largest absolute Gasteiger partial charge is 0.389 e. The number of hydrogen-bond acceptors (Lipinski definition) is 6. The molecule has 6 nitrogen and oxygen atoms in total. The third-order valence-electron chi connectivity index (χ3n) is 10.2. The minimum Gasteiger partial charge on any atom is -0.389 e. The molecule has 0 aliphatic carbocycles. The first kappa shape index (κ1) is 50.2. The molecule has 0 saturated carbocycles. The molecule has 0 amide bonds. The molecule has 0 saturated heterocycles. The first-order valence-electron chi connectivity index (χ1n) is 23.0. The van der Waals surface area contributed by atoms with E-state index in [-0.39, 0.29) is 0 Å². The molecule has 0 spiro atoms. The third kappa shape index (κ3) is 35.8. The fraction of sp³-hybridized carbons (Fsp3) is 0.792. The summed E-state index contributed by atoms with van der Waals surface area (Å²) in [6.07, 6.45) is 44.9. The zero-order valence-electron chi connectivity index (χ0n) is 35.5. The maximum absolute atomic E-state index is 10.3. The van der Waals surface area contributed by atoms with Crippen LogP contribution in [0, 0.1) is 0 Å². The van der Waals surface area contributed by atoms with Gasteiger partial charge in [-0.05, 0) is 88.5 Å². The van der Waals surface area contributed by atoms with Crippen LogP contribution in [0.15, 0.2) is 48.6 Å². The molecule has 4 N–H and O–H groups in total. The zero-order valence-corrected chi connectivity index (χ0v) is 35.5. The predicted octanol–water partition coefficient (Wildman–Crippen LogP) is 13.3. The van der Waals surface area contributed by atoms with Gasteiger partial charge >= 0.3 is 0 Å². The van der Waals surface area contributed by atoms with Crippen LogP contribution in [0.25, 0.3) is 0 Å². The molecule has 0 bridgehead atoms. The molecular weight excluding hydrogens is 669 g/mol. The monoisotopic (exact) mass is 757 g/mol. The van der Waals surface area contributed by atoms with E-state index in [0.717, 1.165) is 24.2 Å². The van der Waals surface area contributed by atoms with Gasteiger partial charge in [-0.2, -0.15) is 0 Å². The number of benzene rings is 1. The van der Waals surface area contributed by atoms with Crippen LogP contribution in [0.5, 0.6) is 0 Å². The van der Waals surface area contributed by atoms with E-state index in [1.54, 1.807) is 0 Å². The van der Waals surface area contributed by atoms with Gasteiger partial charge in [-0.1, -0.05) is 154 Å². The molecule has 0 radical (unpaired) electrons. The van der Waals surface area contributed by atoms with Gasteiger partial charge in [-0.15, -0.1) is 0 Å². The van der Waals surface area contributed by atoms with Crippen molar-refractivity contribution in [3.63, 3.8) is 0 Å². The number of unbranched alkanes of at least 4 members (excludes halogenated alkanes) is 24. The summed E-state index contributed by atoms with van der Waals surface area (Å²) in [5, 5.41) is 27.2. The molecule has 6 heteroatoms. The van der Waals surface area contributed by atoms with Crippen LogP contribution in [0.2, 0.25) is 0 Å². The topological polar surface area (TPSA) is 83.0 Å². The van der Waals surface area contributed by atoms with E-state index in [1.165, 1.54) is 167 Å². The third-order valence-corrected chi connectivity index (χ3v) is 10.2. The summed E-state index contributed by atoms with van der Waals surface area (Å²) in [6, 6.07) is 7.94. The van der Waals surface area contributed by atoms with Crippen molar-refractivity contribution in [3.05, 3.63) is 48.6 Å². The molecule has 0 aliphatic rings. The van der Waals surface area contributed by atoms with Crippen molar-refractivity contribution in [1.29, 1.82) is 0 Å². The number of anilines is 2. The summed E-state index contributed by atoms with van der Waals surface area (Å²) >= 11 is 0. The van der Waals surface area contributed by atoms with E-state index in [4.69, 9.17) is 9.47 Å². The van der Waals surface area contributed by atoms with E-state index in [0.29, 0.717) is 39.5 Å². The van der Waals surface area contributed by atoms with Crippen molar-refractivity contribution in [2.75, 3.05) is 50.2 Å². The van der Waals surface area contributed by atoms with Gasteiger partial charge < -0.3 is 30.3 Å². The van der Waals surface area contributed by atoms with Crippen LogP contribution in [0.1, 0.15) is 194 Å². The molecule has 2 unspecified atom stereocenters. The van der Waals surface area contributed by atoms with E-state index in [1.807, 2.05) is 24.3 Å². The maximum atomic E-state index is 10.3. The second-order valence-corrected chi connectivity index (χ2v) is 15.7. The van der Waals surface area contributed by atoms with Gasteiger partial charge in [-0.3, -0.25) is 0 Å². The van der Waals surface area contributed by atoms with Crippen molar-refractivity contribution < 1.29 is 19.7 Å². The highest BCUT2D eigenvalue weighted by atomic mass is 16.5. The highest BCUT2D eigenvalue weighted by Crippen LogP contribution is 2.15. The highest BCUT2D eigenvalue weighted by molar-refractivity contribution is 5.53. The maximum Gasteiger partial charge on any atom is 0.0945 e. The fourth-order valence-corrected chi connectivity index (χ4v) is 6.64. The second kappa shape index (κ2) is 40.8. The Morgan fingerprint density at radius 2 is 0.704 bits per heavy atom. The van der Waals surface area contributed by atoms with Crippen molar-refractivity contribution in [2.45, 2.75) is 206 Å².